The summed E-state index contributed by atoms with van der Waals surface area (Å²) in [4.78, 5) is 0. The van der Waals surface area contributed by atoms with E-state index in [1.807, 2.05) is 18.2 Å². The van der Waals surface area contributed by atoms with Gasteiger partial charge in [0.25, 0.3) is 0 Å². The molecule has 0 aromatic heterocycles. The van der Waals surface area contributed by atoms with Gasteiger partial charge in [0, 0.05) is 6.42 Å². The molecule has 0 aliphatic rings. The Kier molecular flexibility index (Phi) is 2.95. The molecule has 0 aliphatic heterocycles. The lowest BCUT2D eigenvalue weighted by Crippen LogP contribution is -1.89. The molecular formula is C17H14O3. The van der Waals surface area contributed by atoms with Crippen LogP contribution in [0, 0.1) is 0 Å². The summed E-state index contributed by atoms with van der Waals surface area (Å²) in [6.45, 7) is 0. The molecule has 0 heterocycles. The highest BCUT2D eigenvalue weighted by molar-refractivity contribution is 5.86. The number of benzene rings is 3. The number of hydrogen-bond donors (Lipinski definition) is 3. The van der Waals surface area contributed by atoms with Crippen molar-refractivity contribution in [1.29, 1.82) is 0 Å². The van der Waals surface area contributed by atoms with Crippen molar-refractivity contribution in [2.24, 2.45) is 0 Å². The highest BCUT2D eigenvalue weighted by Gasteiger charge is 2.06. The van der Waals surface area contributed by atoms with E-state index in [0.29, 0.717) is 6.42 Å². The second-order valence-corrected chi connectivity index (χ2v) is 4.86. The Bertz CT molecular complexity index is 761. The summed E-state index contributed by atoms with van der Waals surface area (Å²) >= 11 is 0. The maximum Gasteiger partial charge on any atom is 0.119 e. The van der Waals surface area contributed by atoms with Gasteiger partial charge in [-0.3, -0.25) is 0 Å². The van der Waals surface area contributed by atoms with Crippen molar-refractivity contribution < 1.29 is 15.3 Å². The molecule has 0 aliphatic carbocycles. The molecule has 3 aromatic carbocycles. The van der Waals surface area contributed by atoms with Crippen LogP contribution in [0.25, 0.3) is 10.8 Å². The zero-order valence-electron chi connectivity index (χ0n) is 10.7. The van der Waals surface area contributed by atoms with Crippen LogP contribution in [0.5, 0.6) is 17.2 Å². The summed E-state index contributed by atoms with van der Waals surface area (Å²) in [6.07, 6.45) is 0.567. The summed E-state index contributed by atoms with van der Waals surface area (Å²) < 4.78 is 0. The minimum Gasteiger partial charge on any atom is -0.508 e. The van der Waals surface area contributed by atoms with E-state index in [1.165, 1.54) is 0 Å². The molecule has 20 heavy (non-hydrogen) atoms. The quantitative estimate of drug-likeness (QED) is 0.664. The Labute approximate surface area is 116 Å². The Morgan fingerprint density at radius 1 is 0.650 bits per heavy atom. The van der Waals surface area contributed by atoms with Gasteiger partial charge in [0.05, 0.1) is 0 Å². The zero-order chi connectivity index (χ0) is 14.1. The maximum atomic E-state index is 10.1. The molecule has 0 spiro atoms. The molecule has 3 N–H and O–H groups in total. The monoisotopic (exact) mass is 266 g/mol. The van der Waals surface area contributed by atoms with Crippen molar-refractivity contribution in [3.8, 4) is 17.2 Å². The molecule has 0 radical (unpaired) electrons. The summed E-state index contributed by atoms with van der Waals surface area (Å²) in [5, 5.41) is 30.6. The van der Waals surface area contributed by atoms with Crippen LogP contribution >= 0.6 is 0 Å². The minimum absolute atomic E-state index is 0.207. The van der Waals surface area contributed by atoms with Crippen LogP contribution in [0.15, 0.2) is 54.6 Å². The topological polar surface area (TPSA) is 60.7 Å². The van der Waals surface area contributed by atoms with E-state index in [-0.39, 0.29) is 17.2 Å². The first-order chi connectivity index (χ1) is 9.61. The van der Waals surface area contributed by atoms with Gasteiger partial charge in [0.2, 0.25) is 0 Å². The van der Waals surface area contributed by atoms with E-state index in [1.54, 1.807) is 36.4 Å². The fourth-order valence-corrected chi connectivity index (χ4v) is 2.30. The fraction of sp³-hybridized carbons (Fsp3) is 0.0588. The molecule has 0 unspecified atom stereocenters. The third-order valence-corrected chi connectivity index (χ3v) is 3.35. The zero-order valence-corrected chi connectivity index (χ0v) is 10.7. The van der Waals surface area contributed by atoms with Gasteiger partial charge in [-0.1, -0.05) is 18.2 Å². The maximum absolute atomic E-state index is 10.1. The van der Waals surface area contributed by atoms with Gasteiger partial charge >= 0.3 is 0 Å². The van der Waals surface area contributed by atoms with Crippen molar-refractivity contribution in [2.45, 2.75) is 6.42 Å². The van der Waals surface area contributed by atoms with Gasteiger partial charge in [-0.2, -0.15) is 0 Å². The normalized spacial score (nSPS) is 10.8. The summed E-state index contributed by atoms with van der Waals surface area (Å²) in [7, 11) is 0. The molecule has 0 saturated carbocycles. The van der Waals surface area contributed by atoms with Crippen LogP contribution in [0.1, 0.15) is 11.1 Å². The number of rotatable bonds is 2. The molecule has 0 saturated heterocycles. The molecule has 0 bridgehead atoms. The average molecular weight is 266 g/mol. The van der Waals surface area contributed by atoms with Gasteiger partial charge in [-0.15, -0.1) is 0 Å². The third-order valence-electron chi connectivity index (χ3n) is 3.35. The molecule has 3 aromatic rings. The first kappa shape index (κ1) is 12.4. The van der Waals surface area contributed by atoms with Crippen molar-refractivity contribution >= 4 is 10.8 Å². The summed E-state index contributed by atoms with van der Waals surface area (Å²) in [5.74, 6) is 0.663. The number of phenols is 3. The Hall–Kier alpha value is -2.68. The van der Waals surface area contributed by atoms with Gasteiger partial charge in [-0.05, 0) is 58.3 Å². The fourth-order valence-electron chi connectivity index (χ4n) is 2.30. The van der Waals surface area contributed by atoms with E-state index < -0.39 is 0 Å². The Morgan fingerprint density at radius 3 is 2.10 bits per heavy atom. The smallest absolute Gasteiger partial charge is 0.119 e. The number of phenolic OH excluding ortho intramolecular Hbond substituents is 3. The van der Waals surface area contributed by atoms with Gasteiger partial charge in [0.1, 0.15) is 17.2 Å². The molecule has 3 nitrogen and oxygen atoms in total. The van der Waals surface area contributed by atoms with Crippen LogP contribution in [0.4, 0.5) is 0 Å². The SMILES string of the molecule is Oc1ccc(Cc2cc3cc(O)ccc3cc2O)cc1. The van der Waals surface area contributed by atoms with Crippen molar-refractivity contribution in [1.82, 2.24) is 0 Å². The lowest BCUT2D eigenvalue weighted by molar-refractivity contribution is 0.469. The van der Waals surface area contributed by atoms with Gasteiger partial charge < -0.3 is 15.3 Å². The lowest BCUT2D eigenvalue weighted by atomic mass is 10.00. The van der Waals surface area contributed by atoms with Crippen molar-refractivity contribution in [2.75, 3.05) is 0 Å². The number of fused-ring (bicyclic) bond motifs is 1. The summed E-state index contributed by atoms with van der Waals surface area (Å²) in [5.41, 5.74) is 1.78. The third kappa shape index (κ3) is 2.38. The minimum atomic E-state index is 0.207. The largest absolute Gasteiger partial charge is 0.508 e. The van der Waals surface area contributed by atoms with Crippen LogP contribution in [0.3, 0.4) is 0 Å². The molecule has 3 rings (SSSR count). The molecule has 0 amide bonds. The number of aromatic hydroxyl groups is 3. The highest BCUT2D eigenvalue weighted by atomic mass is 16.3. The van der Waals surface area contributed by atoms with Crippen molar-refractivity contribution in [3.63, 3.8) is 0 Å². The number of hydrogen-bond acceptors (Lipinski definition) is 3. The van der Waals surface area contributed by atoms with Gasteiger partial charge in [-0.25, -0.2) is 0 Å². The molecule has 0 fully saturated rings. The molecule has 100 valence electrons. The predicted molar refractivity (Wildman–Crippen MR) is 78.2 cm³/mol. The Balaban J connectivity index is 2.02. The standard InChI is InChI=1S/C17H14O3/c18-15-4-1-11(2-5-15)7-14-8-13-9-16(19)6-3-12(13)10-17(14)20/h1-6,8-10,18-20H,7H2. The van der Waals surface area contributed by atoms with Gasteiger partial charge in [0.15, 0.2) is 0 Å². The first-order valence-electron chi connectivity index (χ1n) is 6.34. The molecule has 3 heteroatoms. The summed E-state index contributed by atoms with van der Waals surface area (Å²) in [6, 6.07) is 15.5. The van der Waals surface area contributed by atoms with Crippen LogP contribution in [0.2, 0.25) is 0 Å². The molecular weight excluding hydrogens is 252 g/mol. The highest BCUT2D eigenvalue weighted by Crippen LogP contribution is 2.29. The van der Waals surface area contributed by atoms with E-state index in [4.69, 9.17) is 0 Å². The average Bonchev–Trinajstić information content (AvgIpc) is 2.42. The van der Waals surface area contributed by atoms with Crippen molar-refractivity contribution in [3.05, 3.63) is 65.7 Å². The predicted octanol–water partition coefficient (Wildman–Crippen LogP) is 3.55. The van der Waals surface area contributed by atoms with Crippen LogP contribution in [-0.2, 0) is 6.42 Å². The van der Waals surface area contributed by atoms with Crippen LogP contribution < -0.4 is 0 Å². The van der Waals surface area contributed by atoms with E-state index in [2.05, 4.69) is 0 Å². The second kappa shape index (κ2) is 4.78. The van der Waals surface area contributed by atoms with Crippen LogP contribution in [-0.4, -0.2) is 15.3 Å². The lowest BCUT2D eigenvalue weighted by Gasteiger charge is -2.08. The van der Waals surface area contributed by atoms with E-state index >= 15 is 0 Å². The van der Waals surface area contributed by atoms with E-state index in [9.17, 15) is 15.3 Å². The first-order valence-corrected chi connectivity index (χ1v) is 6.34. The second-order valence-electron chi connectivity index (χ2n) is 4.86. The Morgan fingerprint density at radius 2 is 1.35 bits per heavy atom. The van der Waals surface area contributed by atoms with E-state index in [0.717, 1.165) is 21.9 Å². The molecule has 0 atom stereocenters.